The highest BCUT2D eigenvalue weighted by atomic mass is 35.5. The van der Waals surface area contributed by atoms with Crippen molar-refractivity contribution in [2.24, 2.45) is 0 Å². The molecule has 0 amide bonds. The number of thioether (sulfide) groups is 1. The predicted molar refractivity (Wildman–Crippen MR) is 83.5 cm³/mol. The van der Waals surface area contributed by atoms with E-state index in [0.29, 0.717) is 21.4 Å². The summed E-state index contributed by atoms with van der Waals surface area (Å²) in [4.78, 5) is 12.2. The molecule has 0 aliphatic carbocycles. The second-order valence-electron chi connectivity index (χ2n) is 4.03. The summed E-state index contributed by atoms with van der Waals surface area (Å²) in [5.41, 5.74) is 0.403. The maximum absolute atomic E-state index is 12.2. The average molecular weight is 357 g/mol. The van der Waals surface area contributed by atoms with Crippen LogP contribution in [-0.4, -0.2) is 38.1 Å². The Balaban J connectivity index is 2.55. The number of benzene rings is 1. The van der Waals surface area contributed by atoms with E-state index in [1.807, 2.05) is 0 Å². The lowest BCUT2D eigenvalue weighted by atomic mass is 10.1. The third-order valence-electron chi connectivity index (χ3n) is 2.31. The van der Waals surface area contributed by atoms with E-state index in [4.69, 9.17) is 23.2 Å². The smallest absolute Gasteiger partial charge is 0.264 e. The normalized spacial score (nSPS) is 13.2. The van der Waals surface area contributed by atoms with Crippen molar-refractivity contribution in [1.82, 2.24) is 0 Å². The van der Waals surface area contributed by atoms with Crippen molar-refractivity contribution < 1.29 is 17.4 Å². The van der Waals surface area contributed by atoms with E-state index < -0.39 is 10.1 Å². The highest BCUT2D eigenvalue weighted by Gasteiger charge is 2.18. The van der Waals surface area contributed by atoms with Crippen LogP contribution in [0.1, 0.15) is 17.3 Å². The lowest BCUT2D eigenvalue weighted by molar-refractivity contribution is 0.0994. The van der Waals surface area contributed by atoms with E-state index in [2.05, 4.69) is 4.18 Å². The first-order valence-corrected chi connectivity index (χ1v) is 9.28. The third kappa shape index (κ3) is 6.01. The molecule has 1 rings (SSSR count). The zero-order valence-corrected chi connectivity index (χ0v) is 14.1. The van der Waals surface area contributed by atoms with Gasteiger partial charge in [0.2, 0.25) is 0 Å². The molecule has 4 nitrogen and oxygen atoms in total. The van der Waals surface area contributed by atoms with Gasteiger partial charge in [0.25, 0.3) is 10.1 Å². The van der Waals surface area contributed by atoms with Crippen LogP contribution in [0.15, 0.2) is 18.2 Å². The SMILES string of the molecule is CC(SCCOS(C)(=O)=O)C(=O)c1ccc(Cl)cc1Cl. The standard InChI is InChI=1S/C12H14Cl2O4S2/c1-8(19-6-5-18-20(2,16)17)12(15)10-4-3-9(13)7-11(10)14/h3-4,7-8H,5-6H2,1-2H3. The molecule has 1 aromatic rings. The molecule has 0 aromatic heterocycles. The molecule has 112 valence electrons. The summed E-state index contributed by atoms with van der Waals surface area (Å²) in [5.74, 6) is 0.265. The van der Waals surface area contributed by atoms with E-state index >= 15 is 0 Å². The molecule has 1 atom stereocenters. The van der Waals surface area contributed by atoms with Gasteiger partial charge in [-0.25, -0.2) is 0 Å². The molecule has 0 heterocycles. The lowest BCUT2D eigenvalue weighted by Crippen LogP contribution is -2.16. The first-order chi connectivity index (χ1) is 9.20. The Morgan fingerprint density at radius 1 is 1.40 bits per heavy atom. The number of halogens is 2. The van der Waals surface area contributed by atoms with Gasteiger partial charge in [0.05, 0.1) is 23.1 Å². The van der Waals surface area contributed by atoms with Gasteiger partial charge in [0.1, 0.15) is 0 Å². The van der Waals surface area contributed by atoms with Gasteiger partial charge in [-0.15, -0.1) is 11.8 Å². The van der Waals surface area contributed by atoms with Crippen LogP contribution in [-0.2, 0) is 14.3 Å². The predicted octanol–water partition coefficient (Wildman–Crippen LogP) is 3.27. The summed E-state index contributed by atoms with van der Waals surface area (Å²) in [7, 11) is -3.44. The molecule has 0 N–H and O–H groups in total. The Hall–Kier alpha value is -0.270. The van der Waals surface area contributed by atoms with E-state index in [1.54, 1.807) is 19.1 Å². The molecular weight excluding hydrogens is 343 g/mol. The first-order valence-electron chi connectivity index (χ1n) is 5.66. The van der Waals surface area contributed by atoms with Gasteiger partial charge in [-0.1, -0.05) is 23.2 Å². The monoisotopic (exact) mass is 356 g/mol. The Morgan fingerprint density at radius 2 is 2.05 bits per heavy atom. The number of rotatable bonds is 7. The maximum atomic E-state index is 12.2. The minimum absolute atomic E-state index is 0.0372. The number of carbonyl (C=O) groups excluding carboxylic acids is 1. The highest BCUT2D eigenvalue weighted by molar-refractivity contribution is 8.00. The van der Waals surface area contributed by atoms with Gasteiger partial charge < -0.3 is 0 Å². The Kier molecular flexibility index (Phi) is 6.81. The molecule has 0 saturated heterocycles. The highest BCUT2D eigenvalue weighted by Crippen LogP contribution is 2.25. The topological polar surface area (TPSA) is 60.4 Å². The van der Waals surface area contributed by atoms with Crippen molar-refractivity contribution in [2.75, 3.05) is 18.6 Å². The number of carbonyl (C=O) groups is 1. The molecule has 0 bridgehead atoms. The Morgan fingerprint density at radius 3 is 2.60 bits per heavy atom. The van der Waals surface area contributed by atoms with Gasteiger partial charge in [-0.2, -0.15) is 8.42 Å². The van der Waals surface area contributed by atoms with Crippen molar-refractivity contribution >= 4 is 50.9 Å². The van der Waals surface area contributed by atoms with Crippen LogP contribution < -0.4 is 0 Å². The molecule has 0 fully saturated rings. The fraction of sp³-hybridized carbons (Fsp3) is 0.417. The molecule has 0 aliphatic rings. The van der Waals surface area contributed by atoms with Gasteiger partial charge >= 0.3 is 0 Å². The summed E-state index contributed by atoms with van der Waals surface area (Å²) >= 11 is 13.0. The second kappa shape index (κ2) is 7.66. The van der Waals surface area contributed by atoms with Crippen LogP contribution in [0.3, 0.4) is 0 Å². The maximum Gasteiger partial charge on any atom is 0.264 e. The minimum atomic E-state index is -3.44. The Labute approximate surface area is 132 Å². The van der Waals surface area contributed by atoms with Crippen LogP contribution in [0.25, 0.3) is 0 Å². The van der Waals surface area contributed by atoms with Gasteiger partial charge in [-0.3, -0.25) is 8.98 Å². The van der Waals surface area contributed by atoms with Crippen LogP contribution in [0.2, 0.25) is 10.0 Å². The van der Waals surface area contributed by atoms with Crippen molar-refractivity contribution in [3.05, 3.63) is 33.8 Å². The van der Waals surface area contributed by atoms with Crippen LogP contribution in [0.4, 0.5) is 0 Å². The quantitative estimate of drug-likeness (QED) is 0.426. The number of ketones is 1. The summed E-state index contributed by atoms with van der Waals surface area (Å²) in [6, 6.07) is 4.70. The molecule has 0 spiro atoms. The molecule has 8 heteroatoms. The summed E-state index contributed by atoms with van der Waals surface area (Å²) < 4.78 is 26.2. The van der Waals surface area contributed by atoms with E-state index in [1.165, 1.54) is 17.8 Å². The molecule has 20 heavy (non-hydrogen) atoms. The van der Waals surface area contributed by atoms with Crippen LogP contribution in [0.5, 0.6) is 0 Å². The molecule has 1 unspecified atom stereocenters. The van der Waals surface area contributed by atoms with E-state index in [0.717, 1.165) is 6.26 Å². The summed E-state index contributed by atoms with van der Waals surface area (Å²) in [6.07, 6.45) is 0.986. The zero-order chi connectivity index (χ0) is 15.3. The minimum Gasteiger partial charge on any atom is -0.293 e. The van der Waals surface area contributed by atoms with Crippen molar-refractivity contribution in [2.45, 2.75) is 12.2 Å². The molecule has 1 aromatic carbocycles. The van der Waals surface area contributed by atoms with E-state index in [9.17, 15) is 13.2 Å². The van der Waals surface area contributed by atoms with Crippen LogP contribution in [0, 0.1) is 0 Å². The summed E-state index contributed by atoms with van der Waals surface area (Å²) in [5, 5.41) is 0.424. The van der Waals surface area contributed by atoms with Gasteiger partial charge in [-0.05, 0) is 25.1 Å². The number of hydrogen-bond acceptors (Lipinski definition) is 5. The average Bonchev–Trinajstić information content (AvgIpc) is 2.32. The third-order valence-corrected chi connectivity index (χ3v) is 4.57. The van der Waals surface area contributed by atoms with Gasteiger partial charge in [0.15, 0.2) is 5.78 Å². The fourth-order valence-electron chi connectivity index (χ4n) is 1.39. The first kappa shape index (κ1) is 17.8. The number of hydrogen-bond donors (Lipinski definition) is 0. The van der Waals surface area contributed by atoms with Gasteiger partial charge in [0, 0.05) is 16.3 Å². The van der Waals surface area contributed by atoms with Crippen molar-refractivity contribution in [1.29, 1.82) is 0 Å². The molecule has 0 saturated carbocycles. The van der Waals surface area contributed by atoms with Crippen LogP contribution >= 0.6 is 35.0 Å². The van der Waals surface area contributed by atoms with Crippen molar-refractivity contribution in [3.63, 3.8) is 0 Å². The fourth-order valence-corrected chi connectivity index (χ4v) is 3.20. The molecule has 0 radical (unpaired) electrons. The second-order valence-corrected chi connectivity index (χ2v) is 7.96. The number of Topliss-reactive ketones (excluding diaryl/α,β-unsaturated/α-hetero) is 1. The molecule has 0 aliphatic heterocycles. The largest absolute Gasteiger partial charge is 0.293 e. The summed E-state index contributed by atoms with van der Waals surface area (Å²) in [6.45, 7) is 1.77. The lowest BCUT2D eigenvalue weighted by Gasteiger charge is -2.11. The Bertz CT molecular complexity index is 587. The molecular formula is C12H14Cl2O4S2. The zero-order valence-electron chi connectivity index (χ0n) is 10.9. The van der Waals surface area contributed by atoms with E-state index in [-0.39, 0.29) is 17.6 Å². The van der Waals surface area contributed by atoms with Crippen molar-refractivity contribution in [3.8, 4) is 0 Å².